The highest BCUT2D eigenvalue weighted by atomic mass is 35.5. The number of carbonyl (C=O) groups is 2. The molecule has 0 unspecified atom stereocenters. The number of Topliss-reactive ketones (excluding diaryl/α,β-unsaturated/α-hetero) is 2. The number of hydrogen-bond donors (Lipinski definition) is 0. The predicted octanol–water partition coefficient (Wildman–Crippen LogP) is 3.75. The van der Waals surface area contributed by atoms with E-state index in [0.717, 1.165) is 24.2 Å². The zero-order chi connectivity index (χ0) is 13.1. The van der Waals surface area contributed by atoms with E-state index in [1.54, 1.807) is 30.0 Å². The van der Waals surface area contributed by atoms with Crippen molar-refractivity contribution >= 4 is 34.9 Å². The van der Waals surface area contributed by atoms with Crippen molar-refractivity contribution in [2.75, 3.05) is 6.26 Å². The third-order valence-electron chi connectivity index (χ3n) is 3.04. The molecular formula is C14H15ClO2S. The van der Waals surface area contributed by atoms with Gasteiger partial charge in [0.25, 0.3) is 0 Å². The fraction of sp³-hybridized carbons (Fsp3) is 0.429. The standard InChI is InChI=1S/C14H15ClO2S/c1-18-8-11-6-10(4-5-12(11)15)14(17)7-13(16)9-2-3-9/h4-6,9H,2-3,7-8H2,1H3. The number of carbonyl (C=O) groups excluding carboxylic acids is 2. The van der Waals surface area contributed by atoms with Crippen LogP contribution in [0.3, 0.4) is 0 Å². The molecule has 4 heteroatoms. The van der Waals surface area contributed by atoms with E-state index in [2.05, 4.69) is 0 Å². The second-order valence-corrected chi connectivity index (χ2v) is 5.85. The van der Waals surface area contributed by atoms with Gasteiger partial charge in [-0.05, 0) is 42.9 Å². The first kappa shape index (κ1) is 13.6. The van der Waals surface area contributed by atoms with E-state index in [-0.39, 0.29) is 23.9 Å². The van der Waals surface area contributed by atoms with Crippen molar-refractivity contribution in [3.63, 3.8) is 0 Å². The van der Waals surface area contributed by atoms with Gasteiger partial charge in [0.1, 0.15) is 5.78 Å². The van der Waals surface area contributed by atoms with Crippen LogP contribution in [0.4, 0.5) is 0 Å². The first-order valence-corrected chi connectivity index (χ1v) is 7.72. The summed E-state index contributed by atoms with van der Waals surface area (Å²) >= 11 is 7.71. The van der Waals surface area contributed by atoms with Gasteiger partial charge in [0.2, 0.25) is 0 Å². The van der Waals surface area contributed by atoms with Gasteiger partial charge in [0, 0.05) is 22.3 Å². The van der Waals surface area contributed by atoms with Crippen molar-refractivity contribution in [2.45, 2.75) is 25.0 Å². The van der Waals surface area contributed by atoms with Crippen LogP contribution in [-0.4, -0.2) is 17.8 Å². The second-order valence-electron chi connectivity index (χ2n) is 4.58. The van der Waals surface area contributed by atoms with E-state index < -0.39 is 0 Å². The Morgan fingerprint density at radius 3 is 2.72 bits per heavy atom. The number of benzene rings is 1. The van der Waals surface area contributed by atoms with Crippen LogP contribution in [-0.2, 0) is 10.5 Å². The number of thioether (sulfide) groups is 1. The number of rotatable bonds is 6. The minimum atomic E-state index is -0.0917. The summed E-state index contributed by atoms with van der Waals surface area (Å²) in [4.78, 5) is 23.6. The van der Waals surface area contributed by atoms with Gasteiger partial charge < -0.3 is 0 Å². The van der Waals surface area contributed by atoms with Crippen LogP contribution in [0, 0.1) is 5.92 Å². The Balaban J connectivity index is 2.09. The molecule has 96 valence electrons. The molecule has 0 aliphatic heterocycles. The Kier molecular flexibility index (Phi) is 4.46. The van der Waals surface area contributed by atoms with Crippen LogP contribution >= 0.6 is 23.4 Å². The molecule has 0 radical (unpaired) electrons. The molecule has 0 heterocycles. The van der Waals surface area contributed by atoms with Crippen LogP contribution < -0.4 is 0 Å². The lowest BCUT2D eigenvalue weighted by Gasteiger charge is -2.05. The first-order chi connectivity index (χ1) is 8.61. The van der Waals surface area contributed by atoms with E-state index in [1.165, 1.54) is 0 Å². The quantitative estimate of drug-likeness (QED) is 0.588. The van der Waals surface area contributed by atoms with Crippen molar-refractivity contribution in [2.24, 2.45) is 5.92 Å². The van der Waals surface area contributed by atoms with Gasteiger partial charge in [0.05, 0.1) is 6.42 Å². The number of ketones is 2. The molecule has 1 aliphatic carbocycles. The minimum absolute atomic E-state index is 0.0327. The summed E-state index contributed by atoms with van der Waals surface area (Å²) in [5.41, 5.74) is 1.55. The Hall–Kier alpha value is -0.800. The zero-order valence-corrected chi connectivity index (χ0v) is 11.8. The topological polar surface area (TPSA) is 34.1 Å². The van der Waals surface area contributed by atoms with E-state index in [1.807, 2.05) is 6.26 Å². The van der Waals surface area contributed by atoms with Crippen LogP contribution in [0.15, 0.2) is 18.2 Å². The van der Waals surface area contributed by atoms with Gasteiger partial charge in [-0.1, -0.05) is 11.6 Å². The molecule has 0 spiro atoms. The molecule has 2 nitrogen and oxygen atoms in total. The van der Waals surface area contributed by atoms with E-state index in [4.69, 9.17) is 11.6 Å². The molecule has 0 N–H and O–H groups in total. The second kappa shape index (κ2) is 5.89. The largest absolute Gasteiger partial charge is 0.299 e. The van der Waals surface area contributed by atoms with Crippen molar-refractivity contribution in [3.8, 4) is 0 Å². The molecule has 18 heavy (non-hydrogen) atoms. The molecule has 0 amide bonds. The maximum Gasteiger partial charge on any atom is 0.170 e. The molecule has 0 bridgehead atoms. The Morgan fingerprint density at radius 2 is 2.11 bits per heavy atom. The molecule has 1 fully saturated rings. The summed E-state index contributed by atoms with van der Waals surface area (Å²) in [7, 11) is 0. The highest BCUT2D eigenvalue weighted by molar-refractivity contribution is 7.97. The first-order valence-electron chi connectivity index (χ1n) is 5.95. The van der Waals surface area contributed by atoms with Crippen molar-refractivity contribution in [1.29, 1.82) is 0 Å². The average Bonchev–Trinajstić information content (AvgIpc) is 3.16. The van der Waals surface area contributed by atoms with Gasteiger partial charge in [-0.15, -0.1) is 0 Å². The van der Waals surface area contributed by atoms with Crippen LogP contribution in [0.1, 0.15) is 35.2 Å². The Bertz CT molecular complexity index is 481. The molecule has 0 saturated heterocycles. The number of halogens is 1. The Labute approximate surface area is 116 Å². The van der Waals surface area contributed by atoms with Crippen LogP contribution in [0.2, 0.25) is 5.02 Å². The van der Waals surface area contributed by atoms with Gasteiger partial charge in [-0.25, -0.2) is 0 Å². The highest BCUT2D eigenvalue weighted by Gasteiger charge is 2.30. The summed E-state index contributed by atoms with van der Waals surface area (Å²) in [6, 6.07) is 5.25. The van der Waals surface area contributed by atoms with Gasteiger partial charge >= 0.3 is 0 Å². The normalized spacial score (nSPS) is 14.6. The Morgan fingerprint density at radius 1 is 1.39 bits per heavy atom. The molecule has 0 atom stereocenters. The van der Waals surface area contributed by atoms with Gasteiger partial charge in [-0.2, -0.15) is 11.8 Å². The van der Waals surface area contributed by atoms with Gasteiger partial charge in [0.15, 0.2) is 5.78 Å². The molecule has 0 aromatic heterocycles. The van der Waals surface area contributed by atoms with Crippen molar-refractivity contribution in [1.82, 2.24) is 0 Å². The third-order valence-corrected chi connectivity index (χ3v) is 4.00. The number of hydrogen-bond acceptors (Lipinski definition) is 3. The fourth-order valence-electron chi connectivity index (χ4n) is 1.82. The van der Waals surface area contributed by atoms with Crippen molar-refractivity contribution in [3.05, 3.63) is 34.3 Å². The smallest absolute Gasteiger partial charge is 0.170 e. The summed E-state index contributed by atoms with van der Waals surface area (Å²) in [6.07, 6.45) is 3.92. The maximum absolute atomic E-state index is 12.0. The van der Waals surface area contributed by atoms with E-state index >= 15 is 0 Å². The van der Waals surface area contributed by atoms with Gasteiger partial charge in [-0.3, -0.25) is 9.59 Å². The lowest BCUT2D eigenvalue weighted by atomic mass is 10.0. The van der Waals surface area contributed by atoms with Crippen LogP contribution in [0.5, 0.6) is 0 Å². The van der Waals surface area contributed by atoms with E-state index in [0.29, 0.717) is 10.6 Å². The summed E-state index contributed by atoms with van der Waals surface area (Å²) in [5.74, 6) is 0.912. The summed E-state index contributed by atoms with van der Waals surface area (Å²) in [6.45, 7) is 0. The average molecular weight is 283 g/mol. The molecule has 1 aromatic rings. The molecule has 1 aliphatic rings. The fourth-order valence-corrected chi connectivity index (χ4v) is 2.64. The third kappa shape index (κ3) is 3.36. The van der Waals surface area contributed by atoms with E-state index in [9.17, 15) is 9.59 Å². The zero-order valence-electron chi connectivity index (χ0n) is 10.2. The van der Waals surface area contributed by atoms with Crippen molar-refractivity contribution < 1.29 is 9.59 Å². The highest BCUT2D eigenvalue weighted by Crippen LogP contribution is 2.31. The molecule has 2 rings (SSSR count). The molecule has 1 aromatic carbocycles. The summed E-state index contributed by atoms with van der Waals surface area (Å²) < 4.78 is 0. The lowest BCUT2D eigenvalue weighted by molar-refractivity contribution is -0.119. The summed E-state index contributed by atoms with van der Waals surface area (Å²) in [5, 5.41) is 0.675. The lowest BCUT2D eigenvalue weighted by Crippen LogP contribution is -2.10. The minimum Gasteiger partial charge on any atom is -0.299 e. The monoisotopic (exact) mass is 282 g/mol. The molecule has 1 saturated carbocycles. The predicted molar refractivity (Wildman–Crippen MR) is 75.3 cm³/mol. The van der Waals surface area contributed by atoms with Crippen LogP contribution in [0.25, 0.3) is 0 Å². The SMILES string of the molecule is CSCc1cc(C(=O)CC(=O)C2CC2)ccc1Cl. The maximum atomic E-state index is 12.0. The molecular weight excluding hydrogens is 268 g/mol.